The first kappa shape index (κ1) is 15.9. The van der Waals surface area contributed by atoms with Crippen LogP contribution >= 0.6 is 0 Å². The van der Waals surface area contributed by atoms with Crippen LogP contribution in [0.2, 0.25) is 0 Å². The van der Waals surface area contributed by atoms with Crippen LogP contribution in [0, 0.1) is 12.7 Å². The summed E-state index contributed by atoms with van der Waals surface area (Å²) in [5.41, 5.74) is 2.22. The molecule has 22 heavy (non-hydrogen) atoms. The van der Waals surface area contributed by atoms with Crippen LogP contribution in [0.25, 0.3) is 0 Å². The summed E-state index contributed by atoms with van der Waals surface area (Å²) in [6.45, 7) is 2.24. The number of aliphatic carboxylic acids is 1. The highest BCUT2D eigenvalue weighted by molar-refractivity contribution is 5.75. The Morgan fingerprint density at radius 1 is 1.45 bits per heavy atom. The summed E-state index contributed by atoms with van der Waals surface area (Å²) in [7, 11) is 1.36. The Morgan fingerprint density at radius 3 is 2.82 bits per heavy atom. The summed E-state index contributed by atoms with van der Waals surface area (Å²) in [5.74, 6) is -1.59. The second-order valence-corrected chi connectivity index (χ2v) is 4.85. The first-order valence-corrected chi connectivity index (χ1v) is 6.72. The number of carboxylic acids is 1. The van der Waals surface area contributed by atoms with Crippen LogP contribution in [0.4, 0.5) is 4.39 Å². The van der Waals surface area contributed by atoms with Crippen LogP contribution in [0.5, 0.6) is 5.75 Å². The Kier molecular flexibility index (Phi) is 5.06. The Balaban J connectivity index is 2.19. The molecule has 0 saturated carbocycles. The Bertz CT molecular complexity index is 676. The van der Waals surface area contributed by atoms with Crippen LogP contribution in [-0.2, 0) is 11.3 Å². The number of carbonyl (C=O) groups is 1. The number of pyridine rings is 1. The van der Waals surface area contributed by atoms with Crippen molar-refractivity contribution in [1.29, 1.82) is 0 Å². The highest BCUT2D eigenvalue weighted by Gasteiger charge is 2.21. The number of nitrogens with one attached hydrogen (secondary N) is 1. The number of aryl methyl sites for hydroxylation is 1. The van der Waals surface area contributed by atoms with Gasteiger partial charge in [0.25, 0.3) is 0 Å². The molecule has 6 heteroatoms. The molecule has 1 unspecified atom stereocenters. The topological polar surface area (TPSA) is 71.5 Å². The van der Waals surface area contributed by atoms with Crippen molar-refractivity contribution < 1.29 is 19.0 Å². The molecule has 2 aromatic rings. The van der Waals surface area contributed by atoms with E-state index in [4.69, 9.17) is 4.74 Å². The monoisotopic (exact) mass is 304 g/mol. The van der Waals surface area contributed by atoms with Gasteiger partial charge in [-0.3, -0.25) is 15.1 Å². The standard InChI is InChI=1S/C16H17FN2O3/c1-10-5-6-18-8-12(10)9-19-15(16(20)21)11-3-4-14(22-2)13(17)7-11/h3-8,15,19H,9H2,1-2H3,(H,20,21). The number of halogens is 1. The van der Waals surface area contributed by atoms with E-state index >= 15 is 0 Å². The number of hydrogen-bond donors (Lipinski definition) is 2. The van der Waals surface area contributed by atoms with Gasteiger partial charge in [-0.25, -0.2) is 4.39 Å². The molecule has 1 atom stereocenters. The molecule has 1 aromatic heterocycles. The van der Waals surface area contributed by atoms with Crippen LogP contribution in [0.15, 0.2) is 36.7 Å². The highest BCUT2D eigenvalue weighted by atomic mass is 19.1. The third-order valence-electron chi connectivity index (χ3n) is 3.40. The van der Waals surface area contributed by atoms with Crippen LogP contribution in [0.1, 0.15) is 22.7 Å². The van der Waals surface area contributed by atoms with Crippen molar-refractivity contribution in [3.05, 3.63) is 59.2 Å². The third-order valence-corrected chi connectivity index (χ3v) is 3.40. The zero-order chi connectivity index (χ0) is 16.1. The number of hydrogen-bond acceptors (Lipinski definition) is 4. The minimum Gasteiger partial charge on any atom is -0.494 e. The molecule has 0 spiro atoms. The Labute approximate surface area is 127 Å². The maximum atomic E-state index is 13.7. The van der Waals surface area contributed by atoms with E-state index in [0.717, 1.165) is 11.1 Å². The highest BCUT2D eigenvalue weighted by Crippen LogP contribution is 2.22. The lowest BCUT2D eigenvalue weighted by Gasteiger charge is -2.16. The molecule has 0 aliphatic rings. The Hall–Kier alpha value is -2.47. The minimum atomic E-state index is -1.08. The summed E-state index contributed by atoms with van der Waals surface area (Å²) in [6.07, 6.45) is 3.35. The van der Waals surface area contributed by atoms with E-state index in [0.29, 0.717) is 12.1 Å². The van der Waals surface area contributed by atoms with Crippen molar-refractivity contribution in [2.45, 2.75) is 19.5 Å². The predicted molar refractivity (Wildman–Crippen MR) is 79.1 cm³/mol. The number of ether oxygens (including phenoxy) is 1. The van der Waals surface area contributed by atoms with Crippen molar-refractivity contribution in [1.82, 2.24) is 10.3 Å². The van der Waals surface area contributed by atoms with E-state index < -0.39 is 17.8 Å². The molecule has 2 N–H and O–H groups in total. The fourth-order valence-electron chi connectivity index (χ4n) is 2.10. The van der Waals surface area contributed by atoms with Crippen molar-refractivity contribution in [3.63, 3.8) is 0 Å². The SMILES string of the molecule is COc1ccc(C(NCc2cnccc2C)C(=O)O)cc1F. The lowest BCUT2D eigenvalue weighted by molar-refractivity contribution is -0.139. The summed E-state index contributed by atoms with van der Waals surface area (Å²) < 4.78 is 18.6. The zero-order valence-electron chi connectivity index (χ0n) is 12.3. The lowest BCUT2D eigenvalue weighted by Crippen LogP contribution is -2.28. The summed E-state index contributed by atoms with van der Waals surface area (Å²) >= 11 is 0. The predicted octanol–water partition coefficient (Wildman–Crippen LogP) is 2.45. The molecule has 0 radical (unpaired) electrons. The fraction of sp³-hybridized carbons (Fsp3) is 0.250. The molecule has 5 nitrogen and oxygen atoms in total. The maximum Gasteiger partial charge on any atom is 0.325 e. The van der Waals surface area contributed by atoms with Gasteiger partial charge < -0.3 is 9.84 Å². The van der Waals surface area contributed by atoms with Gasteiger partial charge in [-0.15, -0.1) is 0 Å². The Morgan fingerprint density at radius 2 is 2.23 bits per heavy atom. The van der Waals surface area contributed by atoms with Crippen molar-refractivity contribution in [2.24, 2.45) is 0 Å². The van der Waals surface area contributed by atoms with Gasteiger partial charge >= 0.3 is 5.97 Å². The van der Waals surface area contributed by atoms with Gasteiger partial charge in [0.05, 0.1) is 7.11 Å². The largest absolute Gasteiger partial charge is 0.494 e. The molecule has 2 rings (SSSR count). The second kappa shape index (κ2) is 7.00. The molecular weight excluding hydrogens is 287 g/mol. The number of benzene rings is 1. The molecule has 1 aromatic carbocycles. The zero-order valence-corrected chi connectivity index (χ0v) is 12.3. The van der Waals surface area contributed by atoms with E-state index in [2.05, 4.69) is 10.3 Å². The molecule has 0 fully saturated rings. The van der Waals surface area contributed by atoms with Gasteiger partial charge in [0.2, 0.25) is 0 Å². The van der Waals surface area contributed by atoms with Gasteiger partial charge in [0.15, 0.2) is 11.6 Å². The molecule has 0 saturated heterocycles. The lowest BCUT2D eigenvalue weighted by atomic mass is 10.1. The number of carboxylic acid groups (broad SMARTS) is 1. The molecule has 0 amide bonds. The third kappa shape index (κ3) is 3.59. The minimum absolute atomic E-state index is 0.0796. The van der Waals surface area contributed by atoms with E-state index in [1.54, 1.807) is 12.4 Å². The number of rotatable bonds is 6. The molecule has 116 valence electrons. The van der Waals surface area contributed by atoms with Gasteiger partial charge in [-0.1, -0.05) is 6.07 Å². The van der Waals surface area contributed by atoms with Crippen LogP contribution in [0.3, 0.4) is 0 Å². The summed E-state index contributed by atoms with van der Waals surface area (Å²) in [4.78, 5) is 15.5. The molecule has 0 aliphatic heterocycles. The van der Waals surface area contributed by atoms with Crippen molar-refractivity contribution in [2.75, 3.05) is 7.11 Å². The molecule has 1 heterocycles. The van der Waals surface area contributed by atoms with Crippen LogP contribution in [-0.4, -0.2) is 23.2 Å². The van der Waals surface area contributed by atoms with E-state index in [9.17, 15) is 14.3 Å². The summed E-state index contributed by atoms with van der Waals surface area (Å²) in [5, 5.41) is 12.3. The first-order valence-electron chi connectivity index (χ1n) is 6.72. The second-order valence-electron chi connectivity index (χ2n) is 4.85. The fourth-order valence-corrected chi connectivity index (χ4v) is 2.10. The molecule has 0 aliphatic carbocycles. The quantitative estimate of drug-likeness (QED) is 0.858. The first-order chi connectivity index (χ1) is 10.5. The smallest absolute Gasteiger partial charge is 0.325 e. The average molecular weight is 304 g/mol. The van der Waals surface area contributed by atoms with Gasteiger partial charge in [-0.2, -0.15) is 0 Å². The van der Waals surface area contributed by atoms with Gasteiger partial charge in [-0.05, 0) is 41.8 Å². The maximum absolute atomic E-state index is 13.7. The van der Waals surface area contributed by atoms with Crippen LogP contribution < -0.4 is 10.1 Å². The number of methoxy groups -OCH3 is 1. The van der Waals surface area contributed by atoms with Crippen molar-refractivity contribution in [3.8, 4) is 5.75 Å². The van der Waals surface area contributed by atoms with Crippen molar-refractivity contribution >= 4 is 5.97 Å². The average Bonchev–Trinajstić information content (AvgIpc) is 2.49. The number of nitrogens with zero attached hydrogens (tertiary/aromatic N) is 1. The normalized spacial score (nSPS) is 12.0. The molecule has 0 bridgehead atoms. The van der Waals surface area contributed by atoms with E-state index in [-0.39, 0.29) is 5.75 Å². The molecular formula is C16H17FN2O3. The summed E-state index contributed by atoms with van der Waals surface area (Å²) in [6, 6.07) is 4.95. The van der Waals surface area contributed by atoms with E-state index in [1.807, 2.05) is 13.0 Å². The van der Waals surface area contributed by atoms with Gasteiger partial charge in [0.1, 0.15) is 6.04 Å². The van der Waals surface area contributed by atoms with Gasteiger partial charge in [0, 0.05) is 18.9 Å². The van der Waals surface area contributed by atoms with E-state index in [1.165, 1.54) is 25.3 Å². The number of aromatic nitrogens is 1.